The highest BCUT2D eigenvalue weighted by atomic mass is 16.4. The Morgan fingerprint density at radius 3 is 2.42 bits per heavy atom. The molecule has 1 aliphatic carbocycles. The molecule has 108 valence electrons. The molecule has 0 heterocycles. The van der Waals surface area contributed by atoms with Gasteiger partial charge < -0.3 is 20.6 Å². The first-order valence-electron chi connectivity index (χ1n) is 6.54. The first-order valence-corrected chi connectivity index (χ1v) is 6.54. The Bertz CT molecular complexity index is 342. The number of aliphatic carboxylic acids is 1. The fraction of sp³-hybridized carbons (Fsp3) is 0.750. The van der Waals surface area contributed by atoms with Gasteiger partial charge in [0.1, 0.15) is 6.54 Å². The summed E-state index contributed by atoms with van der Waals surface area (Å²) in [5.74, 6) is -1.02. The number of carbonyl (C=O) groups excluding carboxylic acids is 2. The van der Waals surface area contributed by atoms with Crippen molar-refractivity contribution >= 4 is 17.9 Å². The Morgan fingerprint density at radius 2 is 1.89 bits per heavy atom. The first-order chi connectivity index (χ1) is 9.02. The maximum atomic E-state index is 11.9. The maximum Gasteiger partial charge on any atom is 0.322 e. The van der Waals surface area contributed by atoms with E-state index in [2.05, 4.69) is 10.6 Å². The highest BCUT2D eigenvalue weighted by Crippen LogP contribution is 2.29. The van der Waals surface area contributed by atoms with E-state index in [1.807, 2.05) is 6.92 Å². The standard InChI is InChI=1S/C12H21N3O4/c1-2-5-15(8-9-3-4-9)12(19)14-6-10(16)13-7-11(17)18/h9H,2-8H2,1H3,(H,13,16)(H,14,19)(H,17,18). The predicted octanol–water partition coefficient (Wildman–Crippen LogP) is 0.0188. The molecule has 0 saturated heterocycles. The third kappa shape index (κ3) is 6.64. The van der Waals surface area contributed by atoms with Crippen LogP contribution in [0.25, 0.3) is 0 Å². The molecule has 3 amide bonds. The number of hydrogen-bond donors (Lipinski definition) is 3. The Morgan fingerprint density at radius 1 is 1.21 bits per heavy atom. The van der Waals surface area contributed by atoms with E-state index in [4.69, 9.17) is 5.11 Å². The van der Waals surface area contributed by atoms with Gasteiger partial charge in [-0.15, -0.1) is 0 Å². The highest BCUT2D eigenvalue weighted by Gasteiger charge is 2.26. The number of carboxylic acids is 1. The van der Waals surface area contributed by atoms with Crippen molar-refractivity contribution in [3.8, 4) is 0 Å². The van der Waals surface area contributed by atoms with Crippen LogP contribution in [0.5, 0.6) is 0 Å². The van der Waals surface area contributed by atoms with Gasteiger partial charge in [0.25, 0.3) is 0 Å². The van der Waals surface area contributed by atoms with Crippen molar-refractivity contribution in [3.05, 3.63) is 0 Å². The second kappa shape index (κ2) is 7.60. The largest absolute Gasteiger partial charge is 0.480 e. The van der Waals surface area contributed by atoms with E-state index in [1.54, 1.807) is 4.90 Å². The molecule has 0 spiro atoms. The number of amides is 3. The molecule has 7 heteroatoms. The van der Waals surface area contributed by atoms with E-state index in [9.17, 15) is 14.4 Å². The summed E-state index contributed by atoms with van der Waals surface area (Å²) in [7, 11) is 0. The second-order valence-corrected chi connectivity index (χ2v) is 4.72. The van der Waals surface area contributed by atoms with Crippen LogP contribution < -0.4 is 10.6 Å². The fourth-order valence-corrected chi connectivity index (χ4v) is 1.66. The SMILES string of the molecule is CCCN(CC1CC1)C(=O)NCC(=O)NCC(=O)O. The van der Waals surface area contributed by atoms with Crippen LogP contribution in [-0.2, 0) is 9.59 Å². The lowest BCUT2D eigenvalue weighted by Gasteiger charge is -2.22. The number of nitrogens with one attached hydrogen (secondary N) is 2. The monoisotopic (exact) mass is 271 g/mol. The number of carbonyl (C=O) groups is 3. The molecule has 0 aromatic rings. The maximum absolute atomic E-state index is 11.9. The first kappa shape index (κ1) is 15.3. The molecule has 0 aliphatic heterocycles. The van der Waals surface area contributed by atoms with Crippen molar-refractivity contribution in [1.82, 2.24) is 15.5 Å². The molecule has 0 aromatic heterocycles. The number of rotatable bonds is 8. The van der Waals surface area contributed by atoms with Crippen molar-refractivity contribution in [2.24, 2.45) is 5.92 Å². The van der Waals surface area contributed by atoms with Gasteiger partial charge in [-0.05, 0) is 25.2 Å². The zero-order valence-electron chi connectivity index (χ0n) is 11.1. The molecule has 0 atom stereocenters. The smallest absolute Gasteiger partial charge is 0.322 e. The zero-order chi connectivity index (χ0) is 14.3. The van der Waals surface area contributed by atoms with Gasteiger partial charge in [-0.2, -0.15) is 0 Å². The van der Waals surface area contributed by atoms with Crippen LogP contribution in [0, 0.1) is 5.92 Å². The topological polar surface area (TPSA) is 98.7 Å². The van der Waals surface area contributed by atoms with Crippen molar-refractivity contribution in [3.63, 3.8) is 0 Å². The van der Waals surface area contributed by atoms with Gasteiger partial charge in [-0.3, -0.25) is 9.59 Å². The van der Waals surface area contributed by atoms with E-state index in [0.29, 0.717) is 12.5 Å². The molecule has 7 nitrogen and oxygen atoms in total. The molecular formula is C12H21N3O4. The minimum atomic E-state index is -1.11. The molecule has 1 fully saturated rings. The van der Waals surface area contributed by atoms with Crippen LogP contribution in [0.3, 0.4) is 0 Å². The molecule has 3 N–H and O–H groups in total. The van der Waals surface area contributed by atoms with Crippen LogP contribution in [0.1, 0.15) is 26.2 Å². The molecular weight excluding hydrogens is 250 g/mol. The van der Waals surface area contributed by atoms with Gasteiger partial charge in [0.05, 0.1) is 6.54 Å². The van der Waals surface area contributed by atoms with E-state index >= 15 is 0 Å². The predicted molar refractivity (Wildman–Crippen MR) is 68.6 cm³/mol. The second-order valence-electron chi connectivity index (χ2n) is 4.72. The highest BCUT2D eigenvalue weighted by molar-refractivity contribution is 5.86. The van der Waals surface area contributed by atoms with E-state index in [0.717, 1.165) is 25.8 Å². The van der Waals surface area contributed by atoms with E-state index < -0.39 is 18.4 Å². The Balaban J connectivity index is 2.26. The summed E-state index contributed by atoms with van der Waals surface area (Å²) in [6, 6.07) is -0.265. The molecule has 1 aliphatic rings. The van der Waals surface area contributed by atoms with Crippen molar-refractivity contribution in [2.75, 3.05) is 26.2 Å². The zero-order valence-corrected chi connectivity index (χ0v) is 11.1. The summed E-state index contributed by atoms with van der Waals surface area (Å²) in [6.45, 7) is 2.76. The fourth-order valence-electron chi connectivity index (χ4n) is 1.66. The molecule has 0 bridgehead atoms. The molecule has 19 heavy (non-hydrogen) atoms. The van der Waals surface area contributed by atoms with Crippen molar-refractivity contribution < 1.29 is 19.5 Å². The average Bonchev–Trinajstić information content (AvgIpc) is 3.16. The number of nitrogens with zero attached hydrogens (tertiary/aromatic N) is 1. The molecule has 0 radical (unpaired) electrons. The minimum Gasteiger partial charge on any atom is -0.480 e. The summed E-state index contributed by atoms with van der Waals surface area (Å²) in [5.41, 5.74) is 0. The number of urea groups is 1. The van der Waals surface area contributed by atoms with Crippen LogP contribution >= 0.6 is 0 Å². The third-order valence-electron chi connectivity index (χ3n) is 2.79. The average molecular weight is 271 g/mol. The van der Waals surface area contributed by atoms with Gasteiger partial charge in [-0.25, -0.2) is 4.79 Å². The van der Waals surface area contributed by atoms with Crippen LogP contribution in [0.4, 0.5) is 4.79 Å². The third-order valence-corrected chi connectivity index (χ3v) is 2.79. The van der Waals surface area contributed by atoms with Crippen molar-refractivity contribution in [1.29, 1.82) is 0 Å². The van der Waals surface area contributed by atoms with E-state index in [1.165, 1.54) is 0 Å². The van der Waals surface area contributed by atoms with Gasteiger partial charge in [0, 0.05) is 13.1 Å². The van der Waals surface area contributed by atoms with Gasteiger partial charge in [0.15, 0.2) is 0 Å². The van der Waals surface area contributed by atoms with Gasteiger partial charge in [0.2, 0.25) is 5.91 Å². The molecule has 1 saturated carbocycles. The summed E-state index contributed by atoms with van der Waals surface area (Å²) in [6.07, 6.45) is 3.19. The summed E-state index contributed by atoms with van der Waals surface area (Å²) in [5, 5.41) is 13.1. The summed E-state index contributed by atoms with van der Waals surface area (Å²) in [4.78, 5) is 35.1. The molecule has 1 rings (SSSR count). The van der Waals surface area contributed by atoms with Crippen LogP contribution in [-0.4, -0.2) is 54.1 Å². The Labute approximate surface area is 112 Å². The number of hydrogen-bond acceptors (Lipinski definition) is 3. The molecule has 0 unspecified atom stereocenters. The van der Waals surface area contributed by atoms with Gasteiger partial charge >= 0.3 is 12.0 Å². The molecule has 0 aromatic carbocycles. The van der Waals surface area contributed by atoms with Crippen LogP contribution in [0.15, 0.2) is 0 Å². The number of carboxylic acid groups (broad SMARTS) is 1. The minimum absolute atomic E-state index is 0.197. The lowest BCUT2D eigenvalue weighted by atomic mass is 10.3. The summed E-state index contributed by atoms with van der Waals surface area (Å²) >= 11 is 0. The Hall–Kier alpha value is -1.79. The van der Waals surface area contributed by atoms with Crippen LogP contribution in [0.2, 0.25) is 0 Å². The van der Waals surface area contributed by atoms with E-state index in [-0.39, 0.29) is 12.6 Å². The normalized spacial score (nSPS) is 13.7. The Kier molecular flexibility index (Phi) is 6.11. The lowest BCUT2D eigenvalue weighted by molar-refractivity contribution is -0.137. The van der Waals surface area contributed by atoms with Crippen molar-refractivity contribution in [2.45, 2.75) is 26.2 Å². The summed E-state index contributed by atoms with van der Waals surface area (Å²) < 4.78 is 0. The van der Waals surface area contributed by atoms with Gasteiger partial charge in [-0.1, -0.05) is 6.92 Å². The quantitative estimate of drug-likeness (QED) is 0.579. The lowest BCUT2D eigenvalue weighted by Crippen LogP contribution is -2.46.